The second-order valence-electron chi connectivity index (χ2n) is 3.53. The molecule has 0 spiro atoms. The fourth-order valence-electron chi connectivity index (χ4n) is 1.31. The normalized spacial score (nSPS) is 39.5. The van der Waals surface area contributed by atoms with E-state index >= 15 is 0 Å². The Hall–Kier alpha value is -0.180. The van der Waals surface area contributed by atoms with E-state index in [-0.39, 0.29) is 5.92 Å². The van der Waals surface area contributed by atoms with Crippen molar-refractivity contribution in [2.75, 3.05) is 13.2 Å². The van der Waals surface area contributed by atoms with Crippen LogP contribution in [0.2, 0.25) is 0 Å². The van der Waals surface area contributed by atoms with E-state index in [1.807, 2.05) is 6.92 Å². The Kier molecular flexibility index (Phi) is 2.47. The van der Waals surface area contributed by atoms with Crippen LogP contribution in [0.4, 0.5) is 8.78 Å². The first-order valence-electron chi connectivity index (χ1n) is 3.93. The first-order valence-corrected chi connectivity index (χ1v) is 3.93. The molecule has 0 aromatic heterocycles. The van der Waals surface area contributed by atoms with Gasteiger partial charge in [-0.2, -0.15) is 0 Å². The number of halogens is 2. The van der Waals surface area contributed by atoms with Crippen molar-refractivity contribution in [1.29, 1.82) is 0 Å². The molecule has 0 saturated carbocycles. The lowest BCUT2D eigenvalue weighted by atomic mass is 9.75. The van der Waals surface area contributed by atoms with Gasteiger partial charge in [0, 0.05) is 18.6 Å². The monoisotopic (exact) mass is 164 g/mol. The molecule has 1 heterocycles. The van der Waals surface area contributed by atoms with Gasteiger partial charge in [-0.25, -0.2) is 8.78 Å². The van der Waals surface area contributed by atoms with E-state index in [2.05, 4.69) is 0 Å². The third-order valence-corrected chi connectivity index (χ3v) is 2.78. The van der Waals surface area contributed by atoms with Gasteiger partial charge in [0.1, 0.15) is 0 Å². The van der Waals surface area contributed by atoms with E-state index < -0.39 is 11.8 Å². The van der Waals surface area contributed by atoms with Crippen molar-refractivity contribution in [3.8, 4) is 0 Å². The van der Waals surface area contributed by atoms with Crippen molar-refractivity contribution < 1.29 is 13.5 Å². The SMILES string of the molecule is C[C@H]1COCC[C@]1(C)C(F)F. The molecule has 0 aliphatic carbocycles. The predicted octanol–water partition coefficient (Wildman–Crippen LogP) is 2.31. The molecule has 0 N–H and O–H groups in total. The molecule has 1 aliphatic heterocycles. The maximum absolute atomic E-state index is 12.5. The summed E-state index contributed by atoms with van der Waals surface area (Å²) in [5.41, 5.74) is -0.821. The Morgan fingerprint density at radius 2 is 2.18 bits per heavy atom. The molecule has 11 heavy (non-hydrogen) atoms. The summed E-state index contributed by atoms with van der Waals surface area (Å²) in [5.74, 6) is -0.0313. The zero-order chi connectivity index (χ0) is 8.48. The molecule has 1 rings (SSSR count). The highest BCUT2D eigenvalue weighted by atomic mass is 19.3. The van der Waals surface area contributed by atoms with Gasteiger partial charge in [-0.1, -0.05) is 13.8 Å². The zero-order valence-electron chi connectivity index (χ0n) is 6.94. The standard InChI is InChI=1S/C8H14F2O/c1-6-5-11-4-3-8(6,2)7(9)10/h6-7H,3-5H2,1-2H3/t6-,8-/m0/s1. The van der Waals surface area contributed by atoms with Crippen LogP contribution < -0.4 is 0 Å². The van der Waals surface area contributed by atoms with Crippen LogP contribution in [-0.2, 0) is 4.74 Å². The topological polar surface area (TPSA) is 9.23 Å². The highest BCUT2D eigenvalue weighted by molar-refractivity contribution is 4.84. The first kappa shape index (κ1) is 8.91. The van der Waals surface area contributed by atoms with Crippen LogP contribution >= 0.6 is 0 Å². The van der Waals surface area contributed by atoms with Gasteiger partial charge in [-0.15, -0.1) is 0 Å². The molecule has 1 saturated heterocycles. The first-order chi connectivity index (χ1) is 5.07. The van der Waals surface area contributed by atoms with Gasteiger partial charge in [0.25, 0.3) is 0 Å². The van der Waals surface area contributed by atoms with E-state index in [0.717, 1.165) is 0 Å². The molecule has 1 nitrogen and oxygen atoms in total. The summed E-state index contributed by atoms with van der Waals surface area (Å²) in [7, 11) is 0. The summed E-state index contributed by atoms with van der Waals surface area (Å²) in [6.07, 6.45) is -1.74. The Balaban J connectivity index is 2.64. The molecular weight excluding hydrogens is 150 g/mol. The van der Waals surface area contributed by atoms with Gasteiger partial charge in [0.15, 0.2) is 0 Å². The highest BCUT2D eigenvalue weighted by Crippen LogP contribution is 2.40. The quantitative estimate of drug-likeness (QED) is 0.578. The van der Waals surface area contributed by atoms with E-state index in [4.69, 9.17) is 4.74 Å². The highest BCUT2D eigenvalue weighted by Gasteiger charge is 2.42. The number of hydrogen-bond acceptors (Lipinski definition) is 1. The van der Waals surface area contributed by atoms with Gasteiger partial charge in [0.05, 0.1) is 0 Å². The second-order valence-corrected chi connectivity index (χ2v) is 3.53. The maximum Gasteiger partial charge on any atom is 0.244 e. The van der Waals surface area contributed by atoms with Crippen LogP contribution in [0.5, 0.6) is 0 Å². The predicted molar refractivity (Wildman–Crippen MR) is 38.7 cm³/mol. The minimum Gasteiger partial charge on any atom is -0.381 e. The van der Waals surface area contributed by atoms with E-state index in [0.29, 0.717) is 19.6 Å². The van der Waals surface area contributed by atoms with Crippen LogP contribution in [-0.4, -0.2) is 19.6 Å². The summed E-state index contributed by atoms with van der Waals surface area (Å²) in [4.78, 5) is 0. The van der Waals surface area contributed by atoms with E-state index in [1.165, 1.54) is 0 Å². The van der Waals surface area contributed by atoms with Crippen LogP contribution in [0.25, 0.3) is 0 Å². The Bertz CT molecular complexity index is 138. The molecule has 0 aromatic carbocycles. The lowest BCUT2D eigenvalue weighted by molar-refractivity contribution is -0.107. The summed E-state index contributed by atoms with van der Waals surface area (Å²) in [6, 6.07) is 0. The third-order valence-electron chi connectivity index (χ3n) is 2.78. The smallest absolute Gasteiger partial charge is 0.244 e. The average molecular weight is 164 g/mol. The molecule has 1 aliphatic rings. The van der Waals surface area contributed by atoms with Crippen molar-refractivity contribution in [1.82, 2.24) is 0 Å². The summed E-state index contributed by atoms with van der Waals surface area (Å²) in [6.45, 7) is 4.42. The van der Waals surface area contributed by atoms with Crippen molar-refractivity contribution in [3.63, 3.8) is 0 Å². The molecule has 3 heteroatoms. The van der Waals surface area contributed by atoms with Crippen LogP contribution in [0.3, 0.4) is 0 Å². The lowest BCUT2D eigenvalue weighted by Crippen LogP contribution is -2.40. The molecule has 0 bridgehead atoms. The molecule has 0 aromatic rings. The van der Waals surface area contributed by atoms with Gasteiger partial charge in [-0.05, 0) is 12.3 Å². The van der Waals surface area contributed by atoms with Crippen molar-refractivity contribution in [2.24, 2.45) is 11.3 Å². The van der Waals surface area contributed by atoms with Crippen molar-refractivity contribution >= 4 is 0 Å². The summed E-state index contributed by atoms with van der Waals surface area (Å²) in [5, 5.41) is 0. The van der Waals surface area contributed by atoms with E-state index in [9.17, 15) is 8.78 Å². The van der Waals surface area contributed by atoms with Gasteiger partial charge < -0.3 is 4.74 Å². The lowest BCUT2D eigenvalue weighted by Gasteiger charge is -2.38. The number of rotatable bonds is 1. The molecule has 66 valence electrons. The maximum atomic E-state index is 12.5. The Morgan fingerprint density at radius 1 is 1.55 bits per heavy atom. The summed E-state index contributed by atoms with van der Waals surface area (Å²) >= 11 is 0. The van der Waals surface area contributed by atoms with Gasteiger partial charge >= 0.3 is 0 Å². The van der Waals surface area contributed by atoms with Crippen molar-refractivity contribution in [2.45, 2.75) is 26.7 Å². The number of hydrogen-bond donors (Lipinski definition) is 0. The van der Waals surface area contributed by atoms with Crippen LogP contribution in [0.1, 0.15) is 20.3 Å². The molecular formula is C8H14F2O. The molecule has 2 atom stereocenters. The summed E-state index contributed by atoms with van der Waals surface area (Å²) < 4.78 is 30.1. The largest absolute Gasteiger partial charge is 0.381 e. The molecule has 0 radical (unpaired) electrons. The fraction of sp³-hybridized carbons (Fsp3) is 1.00. The van der Waals surface area contributed by atoms with Gasteiger partial charge in [-0.3, -0.25) is 0 Å². The third kappa shape index (κ3) is 1.53. The molecule has 0 amide bonds. The van der Waals surface area contributed by atoms with Crippen LogP contribution in [0, 0.1) is 11.3 Å². The fourth-order valence-corrected chi connectivity index (χ4v) is 1.31. The number of alkyl halides is 2. The van der Waals surface area contributed by atoms with Crippen LogP contribution in [0.15, 0.2) is 0 Å². The van der Waals surface area contributed by atoms with Gasteiger partial charge in [0.2, 0.25) is 6.43 Å². The minimum absolute atomic E-state index is 0.0313. The number of ether oxygens (including phenoxy) is 1. The molecule has 0 unspecified atom stereocenters. The Labute approximate surface area is 65.7 Å². The van der Waals surface area contributed by atoms with E-state index in [1.54, 1.807) is 6.92 Å². The minimum atomic E-state index is -2.22. The molecule has 1 fully saturated rings. The zero-order valence-corrected chi connectivity index (χ0v) is 6.94. The average Bonchev–Trinajstić information content (AvgIpc) is 1.95. The van der Waals surface area contributed by atoms with Crippen molar-refractivity contribution in [3.05, 3.63) is 0 Å². The second kappa shape index (κ2) is 3.05. The Morgan fingerprint density at radius 3 is 2.55 bits per heavy atom.